The minimum Gasteiger partial charge on any atom is -0.392 e. The molecule has 2 fully saturated rings. The van der Waals surface area contributed by atoms with Crippen molar-refractivity contribution in [3.8, 4) is 0 Å². The molecule has 6 heteroatoms. The maximum Gasteiger partial charge on any atom is 0.0681 e. The highest BCUT2D eigenvalue weighted by molar-refractivity contribution is 8.02. The maximum atomic E-state index is 10.9. The molecular formula is C29H28O4S2. The van der Waals surface area contributed by atoms with Gasteiger partial charge in [-0.25, -0.2) is 0 Å². The van der Waals surface area contributed by atoms with Crippen LogP contribution in [-0.2, 0) is 0 Å². The molecule has 180 valence electrons. The summed E-state index contributed by atoms with van der Waals surface area (Å²) in [4.78, 5) is 2.33. The summed E-state index contributed by atoms with van der Waals surface area (Å²) in [6.45, 7) is 0. The van der Waals surface area contributed by atoms with Crippen molar-refractivity contribution in [1.82, 2.24) is 0 Å². The Morgan fingerprint density at radius 3 is 1.43 bits per heavy atom. The summed E-state index contributed by atoms with van der Waals surface area (Å²) in [6.07, 6.45) is 5.57. The van der Waals surface area contributed by atoms with Crippen LogP contribution in [0.2, 0.25) is 0 Å². The lowest BCUT2D eigenvalue weighted by Gasteiger charge is -2.52. The lowest BCUT2D eigenvalue weighted by molar-refractivity contribution is -0.183. The van der Waals surface area contributed by atoms with Crippen LogP contribution in [0.15, 0.2) is 93.4 Å². The van der Waals surface area contributed by atoms with Crippen molar-refractivity contribution >= 4 is 34.7 Å². The van der Waals surface area contributed by atoms with Gasteiger partial charge in [-0.2, -0.15) is 0 Å². The van der Waals surface area contributed by atoms with Crippen LogP contribution in [0.25, 0.3) is 11.1 Å². The first-order valence-electron chi connectivity index (χ1n) is 12.0. The van der Waals surface area contributed by atoms with Gasteiger partial charge in [0.05, 0.1) is 24.4 Å². The second-order valence-corrected chi connectivity index (χ2v) is 11.7. The van der Waals surface area contributed by atoms with Crippen LogP contribution in [0, 0.1) is 23.7 Å². The number of hydrogen-bond acceptors (Lipinski definition) is 6. The van der Waals surface area contributed by atoms with Crippen LogP contribution in [0.3, 0.4) is 0 Å². The summed E-state index contributed by atoms with van der Waals surface area (Å²) in [7, 11) is 0. The standard InChI is InChI=1S/C29H28O4S2/c30-26-20(13-16-9-11-34-24-7-3-1-5-18(16)24)27(31)22(26)15-23-28(32)21(29(23)33)14-17-10-12-35-25-8-4-2-6-19(17)25/h1-14,20-23,26-33H,15H2/b16-13+,17-14+. The number of benzene rings is 2. The molecule has 2 saturated carbocycles. The molecule has 2 heterocycles. The highest BCUT2D eigenvalue weighted by Gasteiger charge is 2.54. The molecule has 6 rings (SSSR count). The zero-order chi connectivity index (χ0) is 24.1. The van der Waals surface area contributed by atoms with Gasteiger partial charge in [-0.05, 0) is 63.8 Å². The summed E-state index contributed by atoms with van der Waals surface area (Å²) >= 11 is 3.33. The van der Waals surface area contributed by atoms with E-state index in [0.29, 0.717) is 6.42 Å². The third kappa shape index (κ3) is 4.06. The quantitative estimate of drug-likeness (QED) is 0.483. The van der Waals surface area contributed by atoms with Gasteiger partial charge in [0.2, 0.25) is 0 Å². The molecule has 35 heavy (non-hydrogen) atoms. The van der Waals surface area contributed by atoms with Crippen LogP contribution >= 0.6 is 23.5 Å². The molecule has 0 radical (unpaired) electrons. The van der Waals surface area contributed by atoms with E-state index in [1.807, 2.05) is 59.4 Å². The number of hydrogen-bond donors (Lipinski definition) is 4. The molecule has 4 N–H and O–H groups in total. The molecule has 4 aliphatic rings. The SMILES string of the molecule is OC1C(/C=C2\C=CSc3ccccc32)C(O)C1CC1C(O)C(/C=C2\C=CSc3ccccc32)C1O. The average molecular weight is 505 g/mol. The highest BCUT2D eigenvalue weighted by atomic mass is 32.2. The van der Waals surface area contributed by atoms with Crippen LogP contribution in [-0.4, -0.2) is 44.8 Å². The summed E-state index contributed by atoms with van der Waals surface area (Å²) < 4.78 is 0. The number of aliphatic hydroxyl groups is 4. The fraction of sp³-hybridized carbons (Fsp3) is 0.310. The molecule has 2 aliphatic carbocycles. The summed E-state index contributed by atoms with van der Waals surface area (Å²) in [5, 5.41) is 47.5. The fourth-order valence-electron chi connectivity index (χ4n) is 5.79. The molecule has 4 atom stereocenters. The Labute approximate surface area is 213 Å². The van der Waals surface area contributed by atoms with Crippen molar-refractivity contribution in [1.29, 1.82) is 0 Å². The largest absolute Gasteiger partial charge is 0.392 e. The zero-order valence-electron chi connectivity index (χ0n) is 19.0. The summed E-state index contributed by atoms with van der Waals surface area (Å²) in [5.74, 6) is -1.43. The minimum absolute atomic E-state index is 0.357. The molecule has 0 bridgehead atoms. The second kappa shape index (κ2) is 9.43. The lowest BCUT2D eigenvalue weighted by atomic mass is 9.58. The second-order valence-electron chi connectivity index (χ2n) is 9.76. The van der Waals surface area contributed by atoms with Crippen LogP contribution in [0.5, 0.6) is 0 Å². The number of fused-ring (bicyclic) bond motifs is 2. The first kappa shape index (κ1) is 23.3. The topological polar surface area (TPSA) is 80.9 Å². The molecule has 4 unspecified atom stereocenters. The number of rotatable bonds is 4. The minimum atomic E-state index is -0.699. The van der Waals surface area contributed by atoms with Gasteiger partial charge in [0.15, 0.2) is 0 Å². The van der Waals surface area contributed by atoms with E-state index in [1.54, 1.807) is 23.5 Å². The van der Waals surface area contributed by atoms with E-state index in [-0.39, 0.29) is 23.7 Å². The normalized spacial score (nSPS) is 37.5. The maximum absolute atomic E-state index is 10.9. The lowest BCUT2D eigenvalue weighted by Crippen LogP contribution is -2.60. The molecule has 4 nitrogen and oxygen atoms in total. The van der Waals surface area contributed by atoms with E-state index in [0.717, 1.165) is 32.1 Å². The van der Waals surface area contributed by atoms with Gasteiger partial charge in [0, 0.05) is 33.5 Å². The fourth-order valence-corrected chi connectivity index (χ4v) is 7.45. The number of thioether (sulfide) groups is 2. The Kier molecular flexibility index (Phi) is 6.29. The molecule has 0 aromatic heterocycles. The summed E-state index contributed by atoms with van der Waals surface area (Å²) in [5.41, 5.74) is 4.24. The van der Waals surface area contributed by atoms with Gasteiger partial charge in [-0.3, -0.25) is 0 Å². The molecule has 0 spiro atoms. The highest BCUT2D eigenvalue weighted by Crippen LogP contribution is 2.48. The Morgan fingerprint density at radius 1 is 0.600 bits per heavy atom. The third-order valence-electron chi connectivity index (χ3n) is 7.90. The first-order valence-corrected chi connectivity index (χ1v) is 13.8. The van der Waals surface area contributed by atoms with Crippen molar-refractivity contribution in [3.05, 3.63) is 94.8 Å². The predicted octanol–water partition coefficient (Wildman–Crippen LogP) is 4.72. The van der Waals surface area contributed by atoms with Gasteiger partial charge in [0.1, 0.15) is 0 Å². The third-order valence-corrected chi connectivity index (χ3v) is 9.67. The zero-order valence-corrected chi connectivity index (χ0v) is 20.6. The van der Waals surface area contributed by atoms with E-state index in [1.165, 1.54) is 0 Å². The van der Waals surface area contributed by atoms with Gasteiger partial charge >= 0.3 is 0 Å². The van der Waals surface area contributed by atoms with Crippen molar-refractivity contribution in [2.24, 2.45) is 23.7 Å². The predicted molar refractivity (Wildman–Crippen MR) is 141 cm³/mol. The first-order chi connectivity index (χ1) is 17.0. The Bertz CT molecular complexity index is 1130. The Balaban J connectivity index is 1.13. The van der Waals surface area contributed by atoms with Crippen LogP contribution in [0.1, 0.15) is 17.5 Å². The van der Waals surface area contributed by atoms with Crippen molar-refractivity contribution in [2.75, 3.05) is 0 Å². The number of allylic oxidation sites excluding steroid dienone is 4. The van der Waals surface area contributed by atoms with E-state index in [9.17, 15) is 20.4 Å². The van der Waals surface area contributed by atoms with Crippen molar-refractivity contribution in [3.63, 3.8) is 0 Å². The molecule has 2 aromatic rings. The molecule has 2 aromatic carbocycles. The Hall–Kier alpha value is -2.06. The molecule has 2 aliphatic heterocycles. The van der Waals surface area contributed by atoms with Gasteiger partial charge in [-0.15, -0.1) is 0 Å². The van der Waals surface area contributed by atoms with E-state index >= 15 is 0 Å². The van der Waals surface area contributed by atoms with Crippen molar-refractivity contribution < 1.29 is 20.4 Å². The number of aliphatic hydroxyl groups excluding tert-OH is 4. The van der Waals surface area contributed by atoms with Crippen LogP contribution in [0.4, 0.5) is 0 Å². The van der Waals surface area contributed by atoms with Crippen molar-refractivity contribution in [2.45, 2.75) is 40.6 Å². The summed E-state index contributed by atoms with van der Waals surface area (Å²) in [6, 6.07) is 16.3. The van der Waals surface area contributed by atoms with E-state index in [2.05, 4.69) is 24.3 Å². The average Bonchev–Trinajstić information content (AvgIpc) is 2.90. The molecule has 0 amide bonds. The molecular weight excluding hydrogens is 476 g/mol. The van der Waals surface area contributed by atoms with Crippen LogP contribution < -0.4 is 0 Å². The van der Waals surface area contributed by atoms with Gasteiger partial charge < -0.3 is 20.4 Å². The van der Waals surface area contributed by atoms with Gasteiger partial charge in [0.25, 0.3) is 0 Å². The smallest absolute Gasteiger partial charge is 0.0681 e. The van der Waals surface area contributed by atoms with E-state index < -0.39 is 24.4 Å². The van der Waals surface area contributed by atoms with Gasteiger partial charge in [-0.1, -0.05) is 72.1 Å². The monoisotopic (exact) mass is 504 g/mol. The molecule has 0 saturated heterocycles. The van der Waals surface area contributed by atoms with E-state index in [4.69, 9.17) is 0 Å². The Morgan fingerprint density at radius 2 is 1.00 bits per heavy atom.